The Hall–Kier alpha value is -2.61. The highest BCUT2D eigenvalue weighted by molar-refractivity contribution is 5.65. The summed E-state index contributed by atoms with van der Waals surface area (Å²) >= 11 is 0. The zero-order valence-electron chi connectivity index (χ0n) is 11.2. The second kappa shape index (κ2) is 5.36. The molecule has 19 heavy (non-hydrogen) atoms. The van der Waals surface area contributed by atoms with Crippen LogP contribution in [0.25, 0.3) is 0 Å². The maximum atomic E-state index is 8.61. The fourth-order valence-electron chi connectivity index (χ4n) is 1.86. The summed E-state index contributed by atoms with van der Waals surface area (Å²) in [5.41, 5.74) is 3.44. The van der Waals surface area contributed by atoms with Gasteiger partial charge >= 0.3 is 0 Å². The van der Waals surface area contributed by atoms with E-state index in [-0.39, 0.29) is 0 Å². The van der Waals surface area contributed by atoms with Gasteiger partial charge in [0, 0.05) is 18.8 Å². The quantitative estimate of drug-likeness (QED) is 0.673. The van der Waals surface area contributed by atoms with Gasteiger partial charge in [0.25, 0.3) is 0 Å². The van der Waals surface area contributed by atoms with Gasteiger partial charge in [-0.2, -0.15) is 5.26 Å². The molecule has 0 unspecified atom stereocenters. The van der Waals surface area contributed by atoms with E-state index in [1.165, 1.54) is 17.5 Å². The maximum Gasteiger partial charge on any atom is 0.182 e. The Kier molecular flexibility index (Phi) is 3.62. The molecule has 1 heterocycles. The first-order chi connectivity index (χ1) is 9.11. The number of benzene rings is 1. The number of aryl methyl sites for hydroxylation is 2. The van der Waals surface area contributed by atoms with Crippen molar-refractivity contribution in [3.05, 3.63) is 41.7 Å². The second-order valence-electron chi connectivity index (χ2n) is 4.35. The Labute approximate surface area is 112 Å². The molecule has 2 aromatic rings. The summed E-state index contributed by atoms with van der Waals surface area (Å²) in [5, 5.41) is 11.1. The molecule has 0 radical (unpaired) electrons. The molecule has 0 amide bonds. The predicted molar refractivity (Wildman–Crippen MR) is 75.2 cm³/mol. The van der Waals surface area contributed by atoms with Crippen molar-refractivity contribution < 1.29 is 0 Å². The zero-order chi connectivity index (χ0) is 13.8. The summed E-state index contributed by atoms with van der Waals surface area (Å²) in [6, 6.07) is 8.01. The van der Waals surface area contributed by atoms with E-state index < -0.39 is 0 Å². The first-order valence-electron chi connectivity index (χ1n) is 5.90. The van der Waals surface area contributed by atoms with Gasteiger partial charge in [-0.3, -0.25) is 5.32 Å². The lowest BCUT2D eigenvalue weighted by atomic mass is 10.1. The molecule has 0 bridgehead atoms. The highest BCUT2D eigenvalue weighted by Crippen LogP contribution is 2.26. The Bertz CT molecular complexity index is 630. The zero-order valence-corrected chi connectivity index (χ0v) is 11.2. The molecule has 0 aliphatic rings. The average Bonchev–Trinajstić information content (AvgIpc) is 2.41. The van der Waals surface area contributed by atoms with Crippen molar-refractivity contribution >= 4 is 17.3 Å². The number of hydrogen-bond donors (Lipinski definition) is 1. The molecule has 0 aliphatic carbocycles. The normalized spacial score (nSPS) is 9.79. The molecule has 0 saturated carbocycles. The number of aromatic nitrogens is 2. The fourth-order valence-corrected chi connectivity index (χ4v) is 1.86. The van der Waals surface area contributed by atoms with Gasteiger partial charge in [0.05, 0.1) is 0 Å². The molecular weight excluding hydrogens is 238 g/mol. The van der Waals surface area contributed by atoms with E-state index in [0.29, 0.717) is 5.82 Å². The van der Waals surface area contributed by atoms with Crippen LogP contribution in [0.3, 0.4) is 0 Å². The molecule has 0 atom stereocenters. The third kappa shape index (κ3) is 2.80. The molecule has 0 fully saturated rings. The molecule has 5 nitrogen and oxygen atoms in total. The van der Waals surface area contributed by atoms with Gasteiger partial charge in [0.15, 0.2) is 6.19 Å². The highest BCUT2D eigenvalue weighted by atomic mass is 15.2. The van der Waals surface area contributed by atoms with Gasteiger partial charge in [-0.05, 0) is 31.0 Å². The van der Waals surface area contributed by atoms with Crippen molar-refractivity contribution in [2.45, 2.75) is 13.8 Å². The van der Waals surface area contributed by atoms with Crippen LogP contribution in [0, 0.1) is 25.3 Å². The first-order valence-corrected chi connectivity index (χ1v) is 5.90. The Balaban J connectivity index is 2.38. The second-order valence-corrected chi connectivity index (χ2v) is 4.35. The highest BCUT2D eigenvalue weighted by Gasteiger charge is 2.09. The summed E-state index contributed by atoms with van der Waals surface area (Å²) in [4.78, 5) is 10.2. The molecule has 0 aliphatic heterocycles. The van der Waals surface area contributed by atoms with Crippen molar-refractivity contribution in [2.24, 2.45) is 0 Å². The predicted octanol–water partition coefficient (Wildman–Crippen LogP) is 2.75. The number of rotatable bonds is 3. The molecular formula is C14H15N5. The largest absolute Gasteiger partial charge is 0.329 e. The summed E-state index contributed by atoms with van der Waals surface area (Å²) in [6.07, 6.45) is 3.29. The lowest BCUT2D eigenvalue weighted by Crippen LogP contribution is -2.13. The van der Waals surface area contributed by atoms with E-state index in [1.807, 2.05) is 18.1 Å². The van der Waals surface area contributed by atoms with Crippen LogP contribution in [0.4, 0.5) is 17.3 Å². The monoisotopic (exact) mass is 253 g/mol. The number of hydrogen-bond acceptors (Lipinski definition) is 5. The Morgan fingerprint density at radius 1 is 1.21 bits per heavy atom. The molecule has 96 valence electrons. The third-order valence-electron chi connectivity index (χ3n) is 2.91. The average molecular weight is 253 g/mol. The van der Waals surface area contributed by atoms with E-state index in [0.717, 1.165) is 11.5 Å². The van der Waals surface area contributed by atoms with Gasteiger partial charge in [0.2, 0.25) is 0 Å². The summed E-state index contributed by atoms with van der Waals surface area (Å²) < 4.78 is 0. The van der Waals surface area contributed by atoms with Crippen LogP contribution in [-0.2, 0) is 0 Å². The van der Waals surface area contributed by atoms with E-state index in [9.17, 15) is 0 Å². The van der Waals surface area contributed by atoms with Crippen LogP contribution >= 0.6 is 0 Å². The van der Waals surface area contributed by atoms with Crippen LogP contribution in [0.1, 0.15) is 11.1 Å². The van der Waals surface area contributed by atoms with Gasteiger partial charge in [-0.25, -0.2) is 9.97 Å². The van der Waals surface area contributed by atoms with Crippen LogP contribution in [0.15, 0.2) is 30.6 Å². The maximum absolute atomic E-state index is 8.61. The molecule has 1 aromatic heterocycles. The minimum atomic E-state index is 0.490. The van der Waals surface area contributed by atoms with Crippen LogP contribution < -0.4 is 10.2 Å². The SMILES string of the molecule is Cc1ccc(C)c(N(C)c2cc(NC#N)ncn2)c1. The lowest BCUT2D eigenvalue weighted by Gasteiger charge is -2.21. The Morgan fingerprint density at radius 2 is 2.00 bits per heavy atom. The summed E-state index contributed by atoms with van der Waals surface area (Å²) in [6.45, 7) is 4.11. The first kappa shape index (κ1) is 12.8. The third-order valence-corrected chi connectivity index (χ3v) is 2.91. The minimum Gasteiger partial charge on any atom is -0.329 e. The van der Waals surface area contributed by atoms with Gasteiger partial charge in [-0.1, -0.05) is 12.1 Å². The number of nitriles is 1. The van der Waals surface area contributed by atoms with Gasteiger partial charge < -0.3 is 4.90 Å². The standard InChI is InChI=1S/C14H15N5/c1-10-4-5-11(2)12(6-10)19(3)14-7-13(16-8-15)17-9-18-14/h4-7,9H,1-3H3,(H,16,17,18). The molecule has 1 N–H and O–H groups in total. The summed E-state index contributed by atoms with van der Waals surface area (Å²) in [7, 11) is 1.94. The van der Waals surface area contributed by atoms with Crippen molar-refractivity contribution in [3.63, 3.8) is 0 Å². The lowest BCUT2D eigenvalue weighted by molar-refractivity contribution is 1.07. The molecule has 2 rings (SSSR count). The van der Waals surface area contributed by atoms with Gasteiger partial charge in [0.1, 0.15) is 18.0 Å². The van der Waals surface area contributed by atoms with Crippen LogP contribution in [-0.4, -0.2) is 17.0 Å². The molecule has 0 spiro atoms. The van der Waals surface area contributed by atoms with Crippen molar-refractivity contribution in [3.8, 4) is 6.19 Å². The minimum absolute atomic E-state index is 0.490. The Morgan fingerprint density at radius 3 is 2.74 bits per heavy atom. The van der Waals surface area contributed by atoms with Crippen molar-refractivity contribution in [2.75, 3.05) is 17.3 Å². The van der Waals surface area contributed by atoms with E-state index >= 15 is 0 Å². The van der Waals surface area contributed by atoms with Gasteiger partial charge in [-0.15, -0.1) is 0 Å². The number of nitrogens with zero attached hydrogens (tertiary/aromatic N) is 4. The van der Waals surface area contributed by atoms with Crippen LogP contribution in [0.2, 0.25) is 0 Å². The van der Waals surface area contributed by atoms with E-state index in [2.05, 4.69) is 47.3 Å². The number of nitrogens with one attached hydrogen (secondary N) is 1. The molecule has 1 aromatic carbocycles. The topological polar surface area (TPSA) is 64.8 Å². The van der Waals surface area contributed by atoms with Crippen molar-refractivity contribution in [1.29, 1.82) is 5.26 Å². The number of anilines is 3. The van der Waals surface area contributed by atoms with E-state index in [1.54, 1.807) is 6.07 Å². The molecule has 0 saturated heterocycles. The fraction of sp³-hybridized carbons (Fsp3) is 0.214. The smallest absolute Gasteiger partial charge is 0.182 e. The van der Waals surface area contributed by atoms with Crippen LogP contribution in [0.5, 0.6) is 0 Å². The summed E-state index contributed by atoms with van der Waals surface area (Å²) in [5.74, 6) is 1.23. The van der Waals surface area contributed by atoms with E-state index in [4.69, 9.17) is 5.26 Å². The van der Waals surface area contributed by atoms with Crippen molar-refractivity contribution in [1.82, 2.24) is 9.97 Å². The molecule has 5 heteroatoms.